The minimum absolute atomic E-state index is 0.0300. The molecule has 0 spiro atoms. The zero-order chi connectivity index (χ0) is 27.1. The van der Waals surface area contributed by atoms with Crippen molar-refractivity contribution in [1.82, 2.24) is 24.3 Å². The fourth-order valence-electron chi connectivity index (χ4n) is 5.64. The Morgan fingerprint density at radius 3 is 2.69 bits per heavy atom. The number of amides is 2. The van der Waals surface area contributed by atoms with Crippen LogP contribution in [0.25, 0.3) is 11.2 Å². The molecule has 0 radical (unpaired) electrons. The van der Waals surface area contributed by atoms with E-state index in [0.29, 0.717) is 47.4 Å². The summed E-state index contributed by atoms with van der Waals surface area (Å²) in [5.41, 5.74) is 5.59. The van der Waals surface area contributed by atoms with Gasteiger partial charge in [0.1, 0.15) is 12.1 Å². The van der Waals surface area contributed by atoms with Gasteiger partial charge in [0.2, 0.25) is 5.91 Å². The maximum Gasteiger partial charge on any atom is 0.254 e. The van der Waals surface area contributed by atoms with E-state index in [-0.39, 0.29) is 24.4 Å². The Balaban J connectivity index is 1.16. The van der Waals surface area contributed by atoms with Crippen LogP contribution < -0.4 is 4.90 Å². The number of anilines is 1. The van der Waals surface area contributed by atoms with Crippen LogP contribution in [0.3, 0.4) is 0 Å². The van der Waals surface area contributed by atoms with Gasteiger partial charge in [-0.25, -0.2) is 9.97 Å². The number of carbonyl (C=O) groups excluding carboxylic acids is 2. The number of benzene rings is 2. The van der Waals surface area contributed by atoms with Crippen molar-refractivity contribution >= 4 is 51.9 Å². The van der Waals surface area contributed by atoms with Gasteiger partial charge in [0.15, 0.2) is 5.65 Å². The second kappa shape index (κ2) is 10.5. The van der Waals surface area contributed by atoms with E-state index in [1.165, 1.54) is 11.1 Å². The molecule has 1 saturated heterocycles. The number of aromatic nitrogens is 3. The third-order valence-corrected chi connectivity index (χ3v) is 8.41. The van der Waals surface area contributed by atoms with E-state index < -0.39 is 0 Å². The standard InChI is InChI=1S/C29H28Cl2N6O2/c1-19-15-34(12-13-37(19)27(38)17-36-18-33-25-5-3-10-32-28(25)36)26-6-2-4-20-9-11-35(16-22(20)26)29(39)21-7-8-23(30)24(31)14-21/h2-8,10,14,18-19H,9,11-13,15-17H2,1H3. The lowest BCUT2D eigenvalue weighted by Gasteiger charge is -2.42. The van der Waals surface area contributed by atoms with Gasteiger partial charge < -0.3 is 19.3 Å². The lowest BCUT2D eigenvalue weighted by molar-refractivity contribution is -0.134. The van der Waals surface area contributed by atoms with Crippen LogP contribution in [0.1, 0.15) is 28.4 Å². The molecule has 1 fully saturated rings. The molecule has 10 heteroatoms. The van der Waals surface area contributed by atoms with E-state index in [2.05, 4.69) is 40.0 Å². The zero-order valence-electron chi connectivity index (χ0n) is 21.6. The summed E-state index contributed by atoms with van der Waals surface area (Å²) in [6.07, 6.45) is 4.18. The molecule has 1 atom stereocenters. The molecule has 200 valence electrons. The number of rotatable bonds is 4. The van der Waals surface area contributed by atoms with E-state index in [1.807, 2.05) is 26.5 Å². The first kappa shape index (κ1) is 25.6. The molecule has 39 heavy (non-hydrogen) atoms. The van der Waals surface area contributed by atoms with Gasteiger partial charge in [0.25, 0.3) is 5.91 Å². The molecule has 0 aliphatic carbocycles. The van der Waals surface area contributed by atoms with Gasteiger partial charge in [-0.1, -0.05) is 35.3 Å². The Hall–Kier alpha value is -3.62. The molecule has 4 heterocycles. The smallest absolute Gasteiger partial charge is 0.254 e. The van der Waals surface area contributed by atoms with Gasteiger partial charge in [0.05, 0.1) is 16.4 Å². The van der Waals surface area contributed by atoms with E-state index in [0.717, 1.165) is 24.2 Å². The molecule has 0 bridgehead atoms. The number of halogens is 2. The number of pyridine rings is 1. The average molecular weight is 563 g/mol. The Morgan fingerprint density at radius 2 is 1.87 bits per heavy atom. The molecule has 2 aliphatic heterocycles. The number of hydrogen-bond donors (Lipinski definition) is 0. The third-order valence-electron chi connectivity index (χ3n) is 7.67. The molecular weight excluding hydrogens is 535 g/mol. The molecule has 4 aromatic rings. The average Bonchev–Trinajstić information content (AvgIpc) is 3.36. The number of piperazine rings is 1. The van der Waals surface area contributed by atoms with Crippen LogP contribution in [0.5, 0.6) is 0 Å². The van der Waals surface area contributed by atoms with E-state index in [4.69, 9.17) is 23.2 Å². The topological polar surface area (TPSA) is 74.6 Å². The highest BCUT2D eigenvalue weighted by Gasteiger charge is 2.31. The van der Waals surface area contributed by atoms with E-state index in [1.54, 1.807) is 30.7 Å². The van der Waals surface area contributed by atoms with Crippen LogP contribution in [0.4, 0.5) is 5.69 Å². The fraction of sp³-hybridized carbons (Fsp3) is 0.310. The lowest BCUT2D eigenvalue weighted by atomic mass is 9.96. The summed E-state index contributed by atoms with van der Waals surface area (Å²) in [7, 11) is 0. The molecule has 8 nitrogen and oxygen atoms in total. The highest BCUT2D eigenvalue weighted by Crippen LogP contribution is 2.32. The van der Waals surface area contributed by atoms with Gasteiger partial charge in [-0.05, 0) is 60.9 Å². The number of hydrogen-bond acceptors (Lipinski definition) is 5. The summed E-state index contributed by atoms with van der Waals surface area (Å²) in [6.45, 7) is 5.52. The fourth-order valence-corrected chi connectivity index (χ4v) is 5.94. The quantitative estimate of drug-likeness (QED) is 0.361. The molecule has 2 aliphatic rings. The van der Waals surface area contributed by atoms with Crippen molar-refractivity contribution in [3.8, 4) is 0 Å². The van der Waals surface area contributed by atoms with Crippen molar-refractivity contribution < 1.29 is 9.59 Å². The maximum atomic E-state index is 13.3. The number of nitrogens with zero attached hydrogens (tertiary/aromatic N) is 6. The molecule has 2 aromatic heterocycles. The first-order valence-electron chi connectivity index (χ1n) is 13.0. The normalized spacial score (nSPS) is 17.4. The Bertz CT molecular complexity index is 1570. The van der Waals surface area contributed by atoms with Crippen LogP contribution in [0.15, 0.2) is 61.1 Å². The van der Waals surface area contributed by atoms with E-state index >= 15 is 0 Å². The molecule has 6 rings (SSSR count). The van der Waals surface area contributed by atoms with Crippen molar-refractivity contribution in [2.45, 2.75) is 32.5 Å². The third kappa shape index (κ3) is 4.94. The Labute approximate surface area is 236 Å². The SMILES string of the molecule is CC1CN(c2cccc3c2CN(C(=O)c2ccc(Cl)c(Cl)c2)CC3)CCN1C(=O)Cn1cnc2cccnc21. The zero-order valence-corrected chi connectivity index (χ0v) is 23.1. The van der Waals surface area contributed by atoms with Crippen molar-refractivity contribution in [2.24, 2.45) is 0 Å². The molecule has 1 unspecified atom stereocenters. The largest absolute Gasteiger partial charge is 0.367 e. The molecule has 2 aromatic carbocycles. The monoisotopic (exact) mass is 562 g/mol. The lowest BCUT2D eigenvalue weighted by Crippen LogP contribution is -2.55. The first-order chi connectivity index (χ1) is 18.9. The van der Waals surface area contributed by atoms with Crippen molar-refractivity contribution in [1.29, 1.82) is 0 Å². The summed E-state index contributed by atoms with van der Waals surface area (Å²) >= 11 is 12.2. The van der Waals surface area contributed by atoms with Crippen molar-refractivity contribution in [2.75, 3.05) is 31.1 Å². The van der Waals surface area contributed by atoms with Crippen LogP contribution in [0, 0.1) is 0 Å². The van der Waals surface area contributed by atoms with Gasteiger partial charge in [-0.3, -0.25) is 9.59 Å². The second-order valence-corrected chi connectivity index (χ2v) is 10.9. The summed E-state index contributed by atoms with van der Waals surface area (Å²) in [5.74, 6) is -0.0000833. The second-order valence-electron chi connectivity index (χ2n) is 10.1. The number of fused-ring (bicyclic) bond motifs is 2. The van der Waals surface area contributed by atoms with Crippen molar-refractivity contribution in [3.63, 3.8) is 0 Å². The highest BCUT2D eigenvalue weighted by molar-refractivity contribution is 6.42. The predicted molar refractivity (Wildman–Crippen MR) is 152 cm³/mol. The Kier molecular flexibility index (Phi) is 6.91. The van der Waals surface area contributed by atoms with Gasteiger partial charge >= 0.3 is 0 Å². The van der Waals surface area contributed by atoms with Crippen molar-refractivity contribution in [3.05, 3.63) is 87.8 Å². The van der Waals surface area contributed by atoms with Gasteiger partial charge in [-0.2, -0.15) is 0 Å². The summed E-state index contributed by atoms with van der Waals surface area (Å²) in [6, 6.07) is 15.1. The number of imidazole rings is 1. The van der Waals surface area contributed by atoms with Gasteiger partial charge in [-0.15, -0.1) is 0 Å². The Morgan fingerprint density at radius 1 is 1.00 bits per heavy atom. The van der Waals surface area contributed by atoms with Gasteiger partial charge in [0, 0.05) is 56.2 Å². The molecule has 2 amide bonds. The molecule has 0 saturated carbocycles. The highest BCUT2D eigenvalue weighted by atomic mass is 35.5. The maximum absolute atomic E-state index is 13.3. The number of carbonyl (C=O) groups is 2. The van der Waals surface area contributed by atoms with Crippen LogP contribution in [0.2, 0.25) is 10.0 Å². The van der Waals surface area contributed by atoms with E-state index in [9.17, 15) is 9.59 Å². The molecule has 0 N–H and O–H groups in total. The van der Waals surface area contributed by atoms with Crippen LogP contribution >= 0.6 is 23.2 Å². The summed E-state index contributed by atoms with van der Waals surface area (Å²) in [4.78, 5) is 41.5. The first-order valence-corrected chi connectivity index (χ1v) is 13.8. The summed E-state index contributed by atoms with van der Waals surface area (Å²) in [5, 5.41) is 0.806. The summed E-state index contributed by atoms with van der Waals surface area (Å²) < 4.78 is 1.81. The predicted octanol–water partition coefficient (Wildman–Crippen LogP) is 4.67. The minimum Gasteiger partial charge on any atom is -0.367 e. The minimum atomic E-state index is -0.0562. The van der Waals surface area contributed by atoms with Crippen LogP contribution in [-0.2, 0) is 24.3 Å². The molecular formula is C29H28Cl2N6O2. The van der Waals surface area contributed by atoms with Crippen LogP contribution in [-0.4, -0.2) is 68.4 Å².